The minimum Gasteiger partial charge on any atom is -0.497 e. The lowest BCUT2D eigenvalue weighted by atomic mass is 9.99. The number of methoxy groups -OCH3 is 1. The smallest absolute Gasteiger partial charge is 0.129 e. The van der Waals surface area contributed by atoms with Crippen molar-refractivity contribution in [1.29, 1.82) is 0 Å². The molecule has 0 bridgehead atoms. The fraction of sp³-hybridized carbons (Fsp3) is 0.200. The summed E-state index contributed by atoms with van der Waals surface area (Å²) in [6, 6.07) is 9.82. The standard InChI is InChI=1S/C15H15BrClFN2O/c1-21-11-3-5-13(16)9(6-11)7-15(20-19)12-4-2-10(17)8-14(12)18/h2-6,8,15,20H,7,19H2,1H3. The highest BCUT2D eigenvalue weighted by Gasteiger charge is 2.17. The lowest BCUT2D eigenvalue weighted by molar-refractivity contribution is 0.413. The van der Waals surface area contributed by atoms with E-state index in [2.05, 4.69) is 21.4 Å². The lowest BCUT2D eigenvalue weighted by Crippen LogP contribution is -2.30. The third kappa shape index (κ3) is 3.95. The van der Waals surface area contributed by atoms with Crippen LogP contribution in [0.1, 0.15) is 17.2 Å². The van der Waals surface area contributed by atoms with Crippen LogP contribution >= 0.6 is 27.5 Å². The minimum absolute atomic E-state index is 0.356. The molecule has 0 spiro atoms. The number of hydrogen-bond donors (Lipinski definition) is 2. The highest BCUT2D eigenvalue weighted by molar-refractivity contribution is 9.10. The van der Waals surface area contributed by atoms with Crippen molar-refractivity contribution in [3.05, 3.63) is 62.8 Å². The molecule has 3 nitrogen and oxygen atoms in total. The number of rotatable bonds is 5. The van der Waals surface area contributed by atoms with Gasteiger partial charge in [-0.25, -0.2) is 4.39 Å². The molecule has 0 saturated heterocycles. The maximum absolute atomic E-state index is 14.0. The Bertz CT molecular complexity index is 639. The Morgan fingerprint density at radius 3 is 2.71 bits per heavy atom. The number of ether oxygens (including phenoxy) is 1. The molecule has 0 amide bonds. The molecule has 21 heavy (non-hydrogen) atoms. The number of nitrogens with one attached hydrogen (secondary N) is 1. The van der Waals surface area contributed by atoms with Gasteiger partial charge >= 0.3 is 0 Å². The van der Waals surface area contributed by atoms with E-state index in [9.17, 15) is 4.39 Å². The quantitative estimate of drug-likeness (QED) is 0.615. The van der Waals surface area contributed by atoms with Crippen molar-refractivity contribution < 1.29 is 9.13 Å². The van der Waals surface area contributed by atoms with Gasteiger partial charge in [-0.2, -0.15) is 0 Å². The van der Waals surface area contributed by atoms with Gasteiger partial charge in [0, 0.05) is 15.1 Å². The second kappa shape index (κ2) is 7.22. The van der Waals surface area contributed by atoms with E-state index in [1.54, 1.807) is 19.2 Å². The van der Waals surface area contributed by atoms with Crippen molar-refractivity contribution in [3.63, 3.8) is 0 Å². The third-order valence-electron chi connectivity index (χ3n) is 3.22. The Morgan fingerprint density at radius 1 is 1.33 bits per heavy atom. The van der Waals surface area contributed by atoms with E-state index in [0.29, 0.717) is 17.0 Å². The van der Waals surface area contributed by atoms with Gasteiger partial charge in [-0.05, 0) is 42.3 Å². The highest BCUT2D eigenvalue weighted by Crippen LogP contribution is 2.28. The van der Waals surface area contributed by atoms with E-state index in [4.69, 9.17) is 22.2 Å². The first-order valence-corrected chi connectivity index (χ1v) is 7.45. The van der Waals surface area contributed by atoms with Gasteiger partial charge in [0.05, 0.1) is 13.2 Å². The molecule has 1 atom stereocenters. The largest absolute Gasteiger partial charge is 0.497 e. The van der Waals surface area contributed by atoms with Crippen molar-refractivity contribution in [1.82, 2.24) is 5.43 Å². The van der Waals surface area contributed by atoms with Crippen LogP contribution in [0.15, 0.2) is 40.9 Å². The Balaban J connectivity index is 2.30. The zero-order chi connectivity index (χ0) is 15.4. The fourth-order valence-electron chi connectivity index (χ4n) is 2.10. The molecule has 0 fully saturated rings. The first-order chi connectivity index (χ1) is 10.0. The molecule has 2 aromatic rings. The van der Waals surface area contributed by atoms with E-state index >= 15 is 0 Å². The molecule has 3 N–H and O–H groups in total. The molecule has 0 aliphatic rings. The van der Waals surface area contributed by atoms with E-state index in [1.807, 2.05) is 18.2 Å². The van der Waals surface area contributed by atoms with E-state index in [1.165, 1.54) is 6.07 Å². The van der Waals surface area contributed by atoms with Crippen LogP contribution in [0.5, 0.6) is 5.75 Å². The Hall–Kier alpha value is -1.14. The summed E-state index contributed by atoms with van der Waals surface area (Å²) in [4.78, 5) is 0. The molecule has 0 radical (unpaired) electrons. The minimum atomic E-state index is -0.385. The first-order valence-electron chi connectivity index (χ1n) is 6.28. The van der Waals surface area contributed by atoms with Gasteiger partial charge in [-0.15, -0.1) is 0 Å². The molecular weight excluding hydrogens is 359 g/mol. The number of nitrogens with two attached hydrogens (primary N) is 1. The summed E-state index contributed by atoms with van der Waals surface area (Å²) in [6.07, 6.45) is 0.507. The molecule has 0 aliphatic carbocycles. The fourth-order valence-corrected chi connectivity index (χ4v) is 2.66. The van der Waals surface area contributed by atoms with Gasteiger partial charge < -0.3 is 4.74 Å². The second-order valence-corrected chi connectivity index (χ2v) is 5.84. The summed E-state index contributed by atoms with van der Waals surface area (Å²) in [7, 11) is 1.60. The van der Waals surface area contributed by atoms with E-state index in [-0.39, 0.29) is 11.9 Å². The van der Waals surface area contributed by atoms with Crippen molar-refractivity contribution in [3.8, 4) is 5.75 Å². The Morgan fingerprint density at radius 2 is 2.10 bits per heavy atom. The summed E-state index contributed by atoms with van der Waals surface area (Å²) in [5.74, 6) is 5.94. The van der Waals surface area contributed by atoms with Crippen LogP contribution in [0.3, 0.4) is 0 Å². The summed E-state index contributed by atoms with van der Waals surface area (Å²) in [5.41, 5.74) is 4.08. The zero-order valence-electron chi connectivity index (χ0n) is 11.4. The predicted molar refractivity (Wildman–Crippen MR) is 85.9 cm³/mol. The number of benzene rings is 2. The first kappa shape index (κ1) is 16.2. The van der Waals surface area contributed by atoms with Crippen molar-refractivity contribution in [2.75, 3.05) is 7.11 Å². The zero-order valence-corrected chi connectivity index (χ0v) is 13.7. The van der Waals surface area contributed by atoms with Crippen LogP contribution in [0, 0.1) is 5.82 Å². The predicted octanol–water partition coefficient (Wildman–Crippen LogP) is 4.00. The molecule has 0 heterocycles. The lowest BCUT2D eigenvalue weighted by Gasteiger charge is -2.18. The Labute approximate surface area is 136 Å². The molecule has 0 aliphatic heterocycles. The Kier molecular flexibility index (Phi) is 5.58. The van der Waals surface area contributed by atoms with Crippen LogP contribution in [0.25, 0.3) is 0 Å². The average Bonchev–Trinajstić information content (AvgIpc) is 2.47. The normalized spacial score (nSPS) is 12.2. The van der Waals surface area contributed by atoms with Gasteiger partial charge in [0.25, 0.3) is 0 Å². The molecule has 2 rings (SSSR count). The van der Waals surface area contributed by atoms with Gasteiger partial charge in [0.2, 0.25) is 0 Å². The highest BCUT2D eigenvalue weighted by atomic mass is 79.9. The summed E-state index contributed by atoms with van der Waals surface area (Å²) in [6.45, 7) is 0. The van der Waals surface area contributed by atoms with Crippen LogP contribution in [-0.4, -0.2) is 7.11 Å². The van der Waals surface area contributed by atoms with E-state index < -0.39 is 0 Å². The second-order valence-electron chi connectivity index (χ2n) is 4.55. The number of hydrazine groups is 1. The number of halogens is 3. The SMILES string of the molecule is COc1ccc(Br)c(CC(NN)c2ccc(Cl)cc2F)c1. The molecule has 0 saturated carbocycles. The number of hydrogen-bond acceptors (Lipinski definition) is 3. The van der Waals surface area contributed by atoms with Gasteiger partial charge in [-0.3, -0.25) is 11.3 Å². The maximum Gasteiger partial charge on any atom is 0.129 e. The molecule has 2 aromatic carbocycles. The van der Waals surface area contributed by atoms with Gasteiger partial charge in [0.15, 0.2) is 0 Å². The summed E-state index contributed by atoms with van der Waals surface area (Å²) in [5, 5.41) is 0.356. The third-order valence-corrected chi connectivity index (χ3v) is 4.22. The van der Waals surface area contributed by atoms with Crippen molar-refractivity contribution in [2.24, 2.45) is 5.84 Å². The monoisotopic (exact) mass is 372 g/mol. The van der Waals surface area contributed by atoms with Crippen LogP contribution in [0.4, 0.5) is 4.39 Å². The molecular formula is C15H15BrClFN2O. The molecule has 112 valence electrons. The van der Waals surface area contributed by atoms with E-state index in [0.717, 1.165) is 15.8 Å². The molecule has 0 aromatic heterocycles. The van der Waals surface area contributed by atoms with Crippen LogP contribution < -0.4 is 16.0 Å². The van der Waals surface area contributed by atoms with Crippen molar-refractivity contribution >= 4 is 27.5 Å². The molecule has 6 heteroatoms. The van der Waals surface area contributed by atoms with Crippen LogP contribution in [-0.2, 0) is 6.42 Å². The van der Waals surface area contributed by atoms with Crippen LogP contribution in [0.2, 0.25) is 5.02 Å². The van der Waals surface area contributed by atoms with Gasteiger partial charge in [0.1, 0.15) is 11.6 Å². The average molecular weight is 374 g/mol. The summed E-state index contributed by atoms with van der Waals surface area (Å²) >= 11 is 9.26. The van der Waals surface area contributed by atoms with Gasteiger partial charge in [-0.1, -0.05) is 33.6 Å². The maximum atomic E-state index is 14.0. The van der Waals surface area contributed by atoms with Crippen molar-refractivity contribution in [2.45, 2.75) is 12.5 Å². The summed E-state index contributed by atoms with van der Waals surface area (Å²) < 4.78 is 20.1. The molecule has 1 unspecified atom stereocenters. The topological polar surface area (TPSA) is 47.3 Å².